The van der Waals surface area contributed by atoms with Gasteiger partial charge in [0, 0.05) is 32.1 Å². The first-order valence-corrected chi connectivity index (χ1v) is 13.3. The summed E-state index contributed by atoms with van der Waals surface area (Å²) in [4.78, 5) is 27.1. The summed E-state index contributed by atoms with van der Waals surface area (Å²) in [6.45, 7) is 2.57. The zero-order valence-electron chi connectivity index (χ0n) is 22.3. The van der Waals surface area contributed by atoms with Gasteiger partial charge in [-0.05, 0) is 66.4 Å². The van der Waals surface area contributed by atoms with E-state index in [-0.39, 0.29) is 24.2 Å². The number of rotatable bonds is 9. The number of ketones is 1. The fourth-order valence-electron chi connectivity index (χ4n) is 4.76. The van der Waals surface area contributed by atoms with E-state index in [2.05, 4.69) is 39.7 Å². The summed E-state index contributed by atoms with van der Waals surface area (Å²) >= 11 is 0. The Labute approximate surface area is 228 Å². The minimum atomic E-state index is -0.147. The lowest BCUT2D eigenvalue weighted by molar-refractivity contribution is 0.0960. The molecule has 1 N–H and O–H groups in total. The van der Waals surface area contributed by atoms with Crippen molar-refractivity contribution >= 4 is 11.7 Å². The largest absolute Gasteiger partial charge is 0.490 e. The minimum absolute atomic E-state index is 0.0940. The SMILES string of the molecule is CNC(=O)c1cccc(Cn2cc(C(=O)Cc3ccc(-c4ccc(OC5CCN(C)CC5)cc4)cc3)nn2)c1. The zero-order valence-corrected chi connectivity index (χ0v) is 22.3. The second kappa shape index (κ2) is 12.0. The van der Waals surface area contributed by atoms with Crippen LogP contribution < -0.4 is 10.1 Å². The highest BCUT2D eigenvalue weighted by molar-refractivity contribution is 5.95. The van der Waals surface area contributed by atoms with Crippen LogP contribution in [0.2, 0.25) is 0 Å². The molecule has 0 radical (unpaired) electrons. The van der Waals surface area contributed by atoms with Crippen LogP contribution in [0.15, 0.2) is 79.0 Å². The molecule has 3 aromatic carbocycles. The molecule has 200 valence electrons. The van der Waals surface area contributed by atoms with Crippen molar-refractivity contribution in [3.05, 3.63) is 101 Å². The zero-order chi connectivity index (χ0) is 27.2. The van der Waals surface area contributed by atoms with Gasteiger partial charge < -0.3 is 15.0 Å². The van der Waals surface area contributed by atoms with Crippen LogP contribution >= 0.6 is 0 Å². The average molecular weight is 524 g/mol. The van der Waals surface area contributed by atoms with Crippen LogP contribution in [0.25, 0.3) is 11.1 Å². The van der Waals surface area contributed by atoms with Crippen LogP contribution in [0.3, 0.4) is 0 Å². The Morgan fingerprint density at radius 2 is 1.64 bits per heavy atom. The monoisotopic (exact) mass is 523 g/mol. The van der Waals surface area contributed by atoms with Crippen molar-refractivity contribution in [3.8, 4) is 16.9 Å². The lowest BCUT2D eigenvalue weighted by Crippen LogP contribution is -2.35. The van der Waals surface area contributed by atoms with E-state index in [4.69, 9.17) is 4.74 Å². The van der Waals surface area contributed by atoms with Gasteiger partial charge in [-0.3, -0.25) is 9.59 Å². The predicted molar refractivity (Wildman–Crippen MR) is 150 cm³/mol. The number of nitrogens with one attached hydrogen (secondary N) is 1. The first-order valence-electron chi connectivity index (χ1n) is 13.3. The Bertz CT molecular complexity index is 1420. The highest BCUT2D eigenvalue weighted by atomic mass is 16.5. The summed E-state index contributed by atoms with van der Waals surface area (Å²) in [5, 5.41) is 10.8. The number of ether oxygens (including phenoxy) is 1. The molecule has 0 atom stereocenters. The molecule has 0 unspecified atom stereocenters. The number of amides is 1. The third-order valence-electron chi connectivity index (χ3n) is 7.06. The topological polar surface area (TPSA) is 89.4 Å². The van der Waals surface area contributed by atoms with Crippen LogP contribution in [0, 0.1) is 0 Å². The number of likely N-dealkylation sites (tertiary alicyclic amines) is 1. The van der Waals surface area contributed by atoms with Gasteiger partial charge in [-0.25, -0.2) is 4.68 Å². The summed E-state index contributed by atoms with van der Waals surface area (Å²) < 4.78 is 7.77. The van der Waals surface area contributed by atoms with E-state index in [9.17, 15) is 9.59 Å². The van der Waals surface area contributed by atoms with Crippen molar-refractivity contribution < 1.29 is 14.3 Å². The van der Waals surface area contributed by atoms with Crippen LogP contribution in [0.5, 0.6) is 5.75 Å². The van der Waals surface area contributed by atoms with E-state index in [1.165, 1.54) is 0 Å². The molecule has 4 aromatic rings. The van der Waals surface area contributed by atoms with Gasteiger partial charge in [-0.1, -0.05) is 53.7 Å². The van der Waals surface area contributed by atoms with Gasteiger partial charge in [0.05, 0.1) is 12.7 Å². The van der Waals surface area contributed by atoms with Gasteiger partial charge in [0.1, 0.15) is 17.5 Å². The lowest BCUT2D eigenvalue weighted by atomic mass is 10.0. The molecule has 2 heterocycles. The number of hydrogen-bond acceptors (Lipinski definition) is 6. The third-order valence-corrected chi connectivity index (χ3v) is 7.06. The van der Waals surface area contributed by atoms with E-state index in [1.54, 1.807) is 30.1 Å². The Hall–Kier alpha value is -4.30. The predicted octanol–water partition coefficient (Wildman–Crippen LogP) is 4.25. The molecular weight excluding hydrogens is 490 g/mol. The summed E-state index contributed by atoms with van der Waals surface area (Å²) in [7, 11) is 3.75. The van der Waals surface area contributed by atoms with Gasteiger partial charge in [-0.15, -0.1) is 5.10 Å². The third kappa shape index (κ3) is 6.78. The first kappa shape index (κ1) is 26.3. The van der Waals surface area contributed by atoms with Crippen LogP contribution in [0.1, 0.15) is 44.8 Å². The van der Waals surface area contributed by atoms with Gasteiger partial charge >= 0.3 is 0 Å². The van der Waals surface area contributed by atoms with Crippen molar-refractivity contribution in [1.29, 1.82) is 0 Å². The highest BCUT2D eigenvalue weighted by Crippen LogP contribution is 2.25. The van der Waals surface area contributed by atoms with E-state index >= 15 is 0 Å². The first-order chi connectivity index (χ1) is 19.0. The van der Waals surface area contributed by atoms with Gasteiger partial charge in [-0.2, -0.15) is 0 Å². The van der Waals surface area contributed by atoms with E-state index in [0.29, 0.717) is 17.8 Å². The molecule has 8 nitrogen and oxygen atoms in total. The van der Waals surface area contributed by atoms with Crippen molar-refractivity contribution in [3.63, 3.8) is 0 Å². The molecule has 1 aliphatic rings. The number of aromatic nitrogens is 3. The molecule has 1 aromatic heterocycles. The molecule has 39 heavy (non-hydrogen) atoms. The molecule has 1 amide bonds. The lowest BCUT2D eigenvalue weighted by Gasteiger charge is -2.29. The Kier molecular flexibility index (Phi) is 8.13. The van der Waals surface area contributed by atoms with Gasteiger partial charge in [0.2, 0.25) is 0 Å². The smallest absolute Gasteiger partial charge is 0.251 e. The number of hydrogen-bond donors (Lipinski definition) is 1. The molecule has 0 spiro atoms. The summed E-state index contributed by atoms with van der Waals surface area (Å²) in [5.74, 6) is 0.664. The second-order valence-corrected chi connectivity index (χ2v) is 10.0. The molecule has 0 bridgehead atoms. The molecule has 1 fully saturated rings. The number of nitrogens with zero attached hydrogens (tertiary/aromatic N) is 4. The maximum Gasteiger partial charge on any atom is 0.251 e. The number of carbonyl (C=O) groups excluding carboxylic acids is 2. The summed E-state index contributed by atoms with van der Waals surface area (Å²) in [5.41, 5.74) is 4.90. The Morgan fingerprint density at radius 3 is 2.33 bits per heavy atom. The normalized spacial score (nSPS) is 14.2. The number of carbonyl (C=O) groups is 2. The van der Waals surface area contributed by atoms with Gasteiger partial charge in [0.15, 0.2) is 5.78 Å². The summed E-state index contributed by atoms with van der Waals surface area (Å²) in [6.07, 6.45) is 4.29. The van der Waals surface area contributed by atoms with Crippen molar-refractivity contribution in [2.45, 2.75) is 31.9 Å². The van der Waals surface area contributed by atoms with Crippen molar-refractivity contribution in [1.82, 2.24) is 25.2 Å². The highest BCUT2D eigenvalue weighted by Gasteiger charge is 2.18. The van der Waals surface area contributed by atoms with E-state index in [1.807, 2.05) is 48.5 Å². The Morgan fingerprint density at radius 1 is 0.949 bits per heavy atom. The molecule has 1 aliphatic heterocycles. The van der Waals surface area contributed by atoms with Crippen LogP contribution in [-0.2, 0) is 13.0 Å². The Balaban J connectivity index is 1.16. The number of piperidine rings is 1. The van der Waals surface area contributed by atoms with Crippen molar-refractivity contribution in [2.75, 3.05) is 27.2 Å². The maximum absolute atomic E-state index is 12.9. The minimum Gasteiger partial charge on any atom is -0.490 e. The fourth-order valence-corrected chi connectivity index (χ4v) is 4.76. The maximum atomic E-state index is 12.9. The molecule has 8 heteroatoms. The number of Topliss-reactive ketones (excluding diaryl/α,β-unsaturated/α-hetero) is 1. The van der Waals surface area contributed by atoms with Crippen molar-refractivity contribution in [2.24, 2.45) is 0 Å². The van der Waals surface area contributed by atoms with E-state index < -0.39 is 0 Å². The summed E-state index contributed by atoms with van der Waals surface area (Å²) in [6, 6.07) is 23.5. The van der Waals surface area contributed by atoms with Crippen LogP contribution in [-0.4, -0.2) is 64.9 Å². The molecule has 0 saturated carbocycles. The average Bonchev–Trinajstić information content (AvgIpc) is 3.43. The van der Waals surface area contributed by atoms with Gasteiger partial charge in [0.25, 0.3) is 5.91 Å². The van der Waals surface area contributed by atoms with Crippen LogP contribution in [0.4, 0.5) is 0 Å². The molecule has 5 rings (SSSR count). The quantitative estimate of drug-likeness (QED) is 0.330. The van der Waals surface area contributed by atoms with E-state index in [0.717, 1.165) is 53.9 Å². The fraction of sp³-hybridized carbons (Fsp3) is 0.290. The molecule has 0 aliphatic carbocycles. The molecule has 1 saturated heterocycles. The second-order valence-electron chi connectivity index (χ2n) is 10.0. The molecular formula is C31H33N5O3. The number of benzene rings is 3. The standard InChI is InChI=1S/C31H33N5O3/c1-32-31(38)26-5-3-4-23(18-26)20-36-21-29(33-34-36)30(37)19-22-6-8-24(9-7-22)25-10-12-27(13-11-25)39-28-14-16-35(2)17-15-28/h3-13,18,21,28H,14-17,19-20H2,1-2H3,(H,32,38).